The van der Waals surface area contributed by atoms with Crippen molar-refractivity contribution in [3.63, 3.8) is 0 Å². The van der Waals surface area contributed by atoms with Crippen LogP contribution in [0.5, 0.6) is 0 Å². The van der Waals surface area contributed by atoms with Gasteiger partial charge in [0.1, 0.15) is 0 Å². The number of fused-ring (bicyclic) bond motifs is 1. The van der Waals surface area contributed by atoms with Gasteiger partial charge in [-0.2, -0.15) is 0 Å². The highest BCUT2D eigenvalue weighted by atomic mass is 127. The molecule has 24 heavy (non-hydrogen) atoms. The largest absolute Gasteiger partial charge is 0.370 e. The lowest BCUT2D eigenvalue weighted by Crippen LogP contribution is -2.22. The molecule has 0 aliphatic rings. The maximum Gasteiger partial charge on any atom is 0.193 e. The summed E-state index contributed by atoms with van der Waals surface area (Å²) in [7, 11) is 0. The third-order valence-corrected chi connectivity index (χ3v) is 3.74. The number of guanidine groups is 1. The lowest BCUT2D eigenvalue weighted by molar-refractivity contribution is 1.06. The molecule has 0 amide bonds. The molecular weight excluding hydrogens is 411 g/mol. The molecule has 5 heteroatoms. The second kappa shape index (κ2) is 8.63. The van der Waals surface area contributed by atoms with Crippen molar-refractivity contribution in [2.45, 2.75) is 19.9 Å². The van der Waals surface area contributed by atoms with E-state index in [0.29, 0.717) is 12.5 Å². The van der Waals surface area contributed by atoms with Crippen molar-refractivity contribution in [1.82, 2.24) is 4.98 Å². The van der Waals surface area contributed by atoms with Crippen LogP contribution in [0.3, 0.4) is 0 Å². The van der Waals surface area contributed by atoms with Crippen molar-refractivity contribution in [2.24, 2.45) is 10.7 Å². The van der Waals surface area contributed by atoms with E-state index in [0.717, 1.165) is 28.6 Å². The minimum atomic E-state index is 0. The number of hydrogen-bond acceptors (Lipinski definition) is 2. The van der Waals surface area contributed by atoms with Gasteiger partial charge in [-0.1, -0.05) is 43.3 Å². The number of nitrogens with two attached hydrogens (primary N) is 1. The standard InChI is InChI=1S/C19H20N4.HI/c1-2-14-6-3-10-17(12-14)23-19(20)22-13-16-8-4-7-15-9-5-11-21-18(15)16;/h3-12H,2,13H2,1H3,(H3,20,22,23);1H. The minimum Gasteiger partial charge on any atom is -0.370 e. The number of hydrogen-bond donors (Lipinski definition) is 2. The number of benzene rings is 2. The van der Waals surface area contributed by atoms with Crippen molar-refractivity contribution in [1.29, 1.82) is 0 Å². The molecule has 3 aromatic rings. The molecule has 0 spiro atoms. The summed E-state index contributed by atoms with van der Waals surface area (Å²) >= 11 is 0. The summed E-state index contributed by atoms with van der Waals surface area (Å²) < 4.78 is 0. The number of rotatable bonds is 4. The van der Waals surface area contributed by atoms with E-state index in [9.17, 15) is 0 Å². The first kappa shape index (κ1) is 18.2. The van der Waals surface area contributed by atoms with Gasteiger partial charge in [-0.05, 0) is 35.7 Å². The molecule has 1 aromatic heterocycles. The van der Waals surface area contributed by atoms with Gasteiger partial charge < -0.3 is 11.1 Å². The molecule has 1 heterocycles. The van der Waals surface area contributed by atoms with E-state index in [1.165, 1.54) is 5.56 Å². The van der Waals surface area contributed by atoms with Crippen LogP contribution in [0.15, 0.2) is 65.8 Å². The van der Waals surface area contributed by atoms with Crippen LogP contribution in [0.2, 0.25) is 0 Å². The van der Waals surface area contributed by atoms with Crippen molar-refractivity contribution >= 4 is 46.5 Å². The Morgan fingerprint density at radius 2 is 1.92 bits per heavy atom. The molecule has 0 radical (unpaired) electrons. The topological polar surface area (TPSA) is 63.3 Å². The Morgan fingerprint density at radius 3 is 2.75 bits per heavy atom. The minimum absolute atomic E-state index is 0. The van der Waals surface area contributed by atoms with Crippen LogP contribution in [0.4, 0.5) is 5.69 Å². The van der Waals surface area contributed by atoms with Gasteiger partial charge in [0.15, 0.2) is 5.96 Å². The molecule has 0 atom stereocenters. The molecule has 0 aliphatic heterocycles. The number of halogens is 1. The fourth-order valence-corrected chi connectivity index (χ4v) is 2.52. The number of nitrogens with one attached hydrogen (secondary N) is 1. The van der Waals surface area contributed by atoms with E-state index in [2.05, 4.69) is 34.3 Å². The van der Waals surface area contributed by atoms with Gasteiger partial charge in [0, 0.05) is 17.3 Å². The third-order valence-electron chi connectivity index (χ3n) is 3.74. The Balaban J connectivity index is 0.00000208. The molecular formula is C19H21IN4. The van der Waals surface area contributed by atoms with E-state index >= 15 is 0 Å². The van der Waals surface area contributed by atoms with Crippen LogP contribution < -0.4 is 11.1 Å². The second-order valence-corrected chi connectivity index (χ2v) is 5.37. The van der Waals surface area contributed by atoms with E-state index in [-0.39, 0.29) is 24.0 Å². The number of nitrogens with zero attached hydrogens (tertiary/aromatic N) is 2. The summed E-state index contributed by atoms with van der Waals surface area (Å²) in [6, 6.07) is 18.3. The number of pyridine rings is 1. The van der Waals surface area contributed by atoms with Crippen molar-refractivity contribution < 1.29 is 0 Å². The van der Waals surface area contributed by atoms with Crippen LogP contribution in [0.25, 0.3) is 10.9 Å². The Hall–Kier alpha value is -2.15. The SMILES string of the molecule is CCc1cccc(NC(N)=NCc2cccc3cccnc23)c1.I. The average Bonchev–Trinajstić information content (AvgIpc) is 2.60. The smallest absolute Gasteiger partial charge is 0.193 e. The van der Waals surface area contributed by atoms with Crippen molar-refractivity contribution in [3.8, 4) is 0 Å². The van der Waals surface area contributed by atoms with Crippen LogP contribution in [0, 0.1) is 0 Å². The van der Waals surface area contributed by atoms with Gasteiger partial charge in [-0.25, -0.2) is 4.99 Å². The van der Waals surface area contributed by atoms with Crippen LogP contribution in [-0.4, -0.2) is 10.9 Å². The molecule has 0 aliphatic carbocycles. The van der Waals surface area contributed by atoms with Gasteiger partial charge in [-0.3, -0.25) is 4.98 Å². The quantitative estimate of drug-likeness (QED) is 0.366. The summed E-state index contributed by atoms with van der Waals surface area (Å²) in [5.74, 6) is 0.409. The summed E-state index contributed by atoms with van der Waals surface area (Å²) in [5.41, 5.74) is 10.3. The zero-order valence-corrected chi connectivity index (χ0v) is 15.9. The van der Waals surface area contributed by atoms with Gasteiger partial charge in [0.2, 0.25) is 0 Å². The molecule has 124 valence electrons. The first-order valence-electron chi connectivity index (χ1n) is 7.75. The molecule has 2 aromatic carbocycles. The molecule has 3 rings (SSSR count). The summed E-state index contributed by atoms with van der Waals surface area (Å²) in [5, 5.41) is 4.26. The number of para-hydroxylation sites is 1. The highest BCUT2D eigenvalue weighted by Crippen LogP contribution is 2.17. The monoisotopic (exact) mass is 432 g/mol. The number of aliphatic imine (C=N–C) groups is 1. The molecule has 0 fully saturated rings. The highest BCUT2D eigenvalue weighted by molar-refractivity contribution is 14.0. The van der Waals surface area contributed by atoms with Crippen LogP contribution in [0.1, 0.15) is 18.1 Å². The molecule has 0 unspecified atom stereocenters. The zero-order valence-electron chi connectivity index (χ0n) is 13.6. The highest BCUT2D eigenvalue weighted by Gasteiger charge is 2.02. The predicted molar refractivity (Wildman–Crippen MR) is 112 cm³/mol. The summed E-state index contributed by atoms with van der Waals surface area (Å²) in [4.78, 5) is 8.87. The maximum atomic E-state index is 6.01. The lowest BCUT2D eigenvalue weighted by atomic mass is 10.1. The third kappa shape index (κ3) is 4.44. The van der Waals surface area contributed by atoms with E-state index < -0.39 is 0 Å². The summed E-state index contributed by atoms with van der Waals surface area (Å²) in [6.45, 7) is 2.63. The van der Waals surface area contributed by atoms with Gasteiger partial charge >= 0.3 is 0 Å². The second-order valence-electron chi connectivity index (χ2n) is 5.37. The van der Waals surface area contributed by atoms with E-state index in [1.807, 2.05) is 42.5 Å². The fourth-order valence-electron chi connectivity index (χ4n) is 2.52. The molecule has 4 nitrogen and oxygen atoms in total. The van der Waals surface area contributed by atoms with E-state index in [1.54, 1.807) is 6.20 Å². The maximum absolute atomic E-state index is 6.01. The number of anilines is 1. The van der Waals surface area contributed by atoms with Crippen LogP contribution >= 0.6 is 24.0 Å². The Bertz CT molecular complexity index is 840. The predicted octanol–water partition coefficient (Wildman–Crippen LogP) is 4.34. The molecule has 0 bridgehead atoms. The molecule has 0 saturated carbocycles. The first-order chi connectivity index (χ1) is 11.3. The number of aryl methyl sites for hydroxylation is 1. The number of aromatic nitrogens is 1. The Morgan fingerprint density at radius 1 is 1.12 bits per heavy atom. The van der Waals surface area contributed by atoms with Gasteiger partial charge in [0.25, 0.3) is 0 Å². The summed E-state index contributed by atoms with van der Waals surface area (Å²) in [6.07, 6.45) is 2.79. The first-order valence-corrected chi connectivity index (χ1v) is 7.75. The van der Waals surface area contributed by atoms with Crippen LogP contribution in [-0.2, 0) is 13.0 Å². The Kier molecular flexibility index (Phi) is 6.54. The Labute approximate surface area is 159 Å². The lowest BCUT2D eigenvalue weighted by Gasteiger charge is -2.08. The fraction of sp³-hybridized carbons (Fsp3) is 0.158. The zero-order chi connectivity index (χ0) is 16.1. The van der Waals surface area contributed by atoms with Crippen molar-refractivity contribution in [3.05, 3.63) is 71.9 Å². The van der Waals surface area contributed by atoms with Crippen molar-refractivity contribution in [2.75, 3.05) is 5.32 Å². The average molecular weight is 432 g/mol. The van der Waals surface area contributed by atoms with Gasteiger partial charge in [0.05, 0.1) is 12.1 Å². The molecule has 3 N–H and O–H groups in total. The van der Waals surface area contributed by atoms with E-state index in [4.69, 9.17) is 5.73 Å². The van der Waals surface area contributed by atoms with Gasteiger partial charge in [-0.15, -0.1) is 24.0 Å². The molecule has 0 saturated heterocycles. The normalized spacial score (nSPS) is 11.1.